The molecule has 0 saturated heterocycles. The third-order valence-electron chi connectivity index (χ3n) is 5.22. The van der Waals surface area contributed by atoms with Gasteiger partial charge in [0.05, 0.1) is 16.8 Å². The van der Waals surface area contributed by atoms with Gasteiger partial charge in [0, 0.05) is 22.6 Å². The predicted octanol–water partition coefficient (Wildman–Crippen LogP) is 4.56. The molecule has 31 heavy (non-hydrogen) atoms. The molecule has 2 aromatic rings. The molecule has 1 atom stereocenters. The number of anilines is 1. The summed E-state index contributed by atoms with van der Waals surface area (Å²) >= 11 is 3.45. The number of benzene rings is 2. The fourth-order valence-corrected chi connectivity index (χ4v) is 5.86. The Balaban J connectivity index is 1.68. The maximum Gasteiger partial charge on any atom is 0.411 e. The molecule has 164 valence electrons. The summed E-state index contributed by atoms with van der Waals surface area (Å²) < 4.78 is 31.8. The molecule has 0 aromatic heterocycles. The summed E-state index contributed by atoms with van der Waals surface area (Å²) in [7, 11) is 4.04. The van der Waals surface area contributed by atoms with Crippen LogP contribution in [-0.4, -0.2) is 46.2 Å². The average Bonchev–Trinajstić information content (AvgIpc) is 3.51. The summed E-state index contributed by atoms with van der Waals surface area (Å²) in [6.07, 6.45) is 0.775. The smallest absolute Gasteiger partial charge is 0.411 e. The molecule has 6 nitrogen and oxygen atoms in total. The minimum atomic E-state index is -3.38. The fraction of sp³-hybridized carbons (Fsp3) is 0.409. The Morgan fingerprint density at radius 1 is 1.29 bits per heavy atom. The molecule has 0 aliphatic heterocycles. The first-order chi connectivity index (χ1) is 14.6. The summed E-state index contributed by atoms with van der Waals surface area (Å²) in [6, 6.07) is 10.8. The highest BCUT2D eigenvalue weighted by Gasteiger charge is 2.38. The molecule has 9 heteroatoms. The van der Waals surface area contributed by atoms with Crippen LogP contribution in [0.5, 0.6) is 0 Å². The molecule has 1 amide bonds. The molecular formula is C22H26BBrN2O4S. The van der Waals surface area contributed by atoms with Crippen LogP contribution in [0, 0.1) is 6.92 Å². The Morgan fingerprint density at radius 2 is 2.00 bits per heavy atom. The fourth-order valence-electron chi connectivity index (χ4n) is 3.52. The summed E-state index contributed by atoms with van der Waals surface area (Å²) in [5, 5.41) is 2.37. The number of amides is 1. The van der Waals surface area contributed by atoms with E-state index in [4.69, 9.17) is 12.7 Å². The summed E-state index contributed by atoms with van der Waals surface area (Å²) in [4.78, 5) is 14.0. The Bertz CT molecular complexity index is 1070. The first-order valence-electron chi connectivity index (χ1n) is 10.1. The minimum Gasteiger partial charge on any atom is -0.449 e. The molecule has 1 N–H and O–H groups in total. The minimum absolute atomic E-state index is 0.0337. The second kappa shape index (κ2) is 9.75. The van der Waals surface area contributed by atoms with E-state index >= 15 is 0 Å². The van der Waals surface area contributed by atoms with Crippen LogP contribution >= 0.6 is 15.9 Å². The highest BCUT2D eigenvalue weighted by Crippen LogP contribution is 2.36. The van der Waals surface area contributed by atoms with Gasteiger partial charge in [-0.3, -0.25) is 5.32 Å². The molecule has 0 heterocycles. The van der Waals surface area contributed by atoms with Gasteiger partial charge in [-0.15, -0.1) is 0 Å². The third-order valence-corrected chi connectivity index (χ3v) is 8.08. The molecule has 3 rings (SSSR count). The highest BCUT2D eigenvalue weighted by atomic mass is 79.9. The van der Waals surface area contributed by atoms with Gasteiger partial charge < -0.3 is 9.55 Å². The topological polar surface area (TPSA) is 75.7 Å². The summed E-state index contributed by atoms with van der Waals surface area (Å²) in [6.45, 7) is 4.48. The van der Waals surface area contributed by atoms with Crippen LogP contribution in [0.2, 0.25) is 0 Å². The van der Waals surface area contributed by atoms with Crippen molar-refractivity contribution >= 4 is 45.5 Å². The summed E-state index contributed by atoms with van der Waals surface area (Å²) in [5.41, 5.74) is 3.24. The first kappa shape index (κ1) is 23.8. The number of ether oxygens (including phenoxy) is 1. The zero-order valence-corrected chi connectivity index (χ0v) is 20.3. The van der Waals surface area contributed by atoms with E-state index < -0.39 is 15.9 Å². The van der Waals surface area contributed by atoms with E-state index in [1.165, 1.54) is 10.9 Å². The van der Waals surface area contributed by atoms with E-state index in [9.17, 15) is 13.2 Å². The quantitative estimate of drug-likeness (QED) is 0.533. The third kappa shape index (κ3) is 6.11. The van der Waals surface area contributed by atoms with Crippen LogP contribution in [0.25, 0.3) is 0 Å². The van der Waals surface area contributed by atoms with Crippen LogP contribution in [0.4, 0.5) is 10.5 Å². The van der Waals surface area contributed by atoms with Gasteiger partial charge in [-0.1, -0.05) is 28.9 Å². The van der Waals surface area contributed by atoms with Gasteiger partial charge in [0.2, 0.25) is 0 Å². The van der Waals surface area contributed by atoms with Crippen molar-refractivity contribution in [2.75, 3.05) is 19.0 Å². The second-order valence-electron chi connectivity index (χ2n) is 8.11. The van der Waals surface area contributed by atoms with Crippen molar-refractivity contribution < 1.29 is 17.9 Å². The van der Waals surface area contributed by atoms with Crippen molar-refractivity contribution in [3.8, 4) is 0 Å². The molecule has 0 bridgehead atoms. The van der Waals surface area contributed by atoms with Gasteiger partial charge >= 0.3 is 6.09 Å². The number of carbonyl (C=O) groups is 1. The van der Waals surface area contributed by atoms with Crippen molar-refractivity contribution in [2.24, 2.45) is 0 Å². The van der Waals surface area contributed by atoms with Gasteiger partial charge in [0.25, 0.3) is 0 Å². The van der Waals surface area contributed by atoms with Crippen molar-refractivity contribution in [2.45, 2.75) is 49.3 Å². The molecule has 1 saturated carbocycles. The van der Waals surface area contributed by atoms with Crippen molar-refractivity contribution in [3.05, 3.63) is 57.6 Å². The lowest BCUT2D eigenvalue weighted by atomic mass is 9.97. The van der Waals surface area contributed by atoms with E-state index in [0.29, 0.717) is 24.1 Å². The lowest BCUT2D eigenvalue weighted by Gasteiger charge is -2.18. The van der Waals surface area contributed by atoms with E-state index in [0.717, 1.165) is 15.6 Å². The number of sulfone groups is 1. The van der Waals surface area contributed by atoms with Gasteiger partial charge in [0.15, 0.2) is 17.8 Å². The Kier molecular flexibility index (Phi) is 7.49. The second-order valence-corrected chi connectivity index (χ2v) is 11.2. The number of hydrogen-bond donors (Lipinski definition) is 1. The van der Waals surface area contributed by atoms with Crippen LogP contribution in [-0.2, 0) is 21.1 Å². The van der Waals surface area contributed by atoms with Gasteiger partial charge in [0.1, 0.15) is 0 Å². The van der Waals surface area contributed by atoms with Gasteiger partial charge in [-0.05, 0) is 73.8 Å². The standard InChI is InChI=1S/C22H26BBrN2O4S/c1-14-10-17(24)4-8-20(14)15(2)13-30-22(27)25-18-5-9-21(16(11-18)12-26(3)23)31(28,29)19-6-7-19/h4-5,8-11,15,19H,6-7,12-13H2,1-3H3,(H,25,27)/t15-/m0/s1. The molecule has 1 aliphatic rings. The number of aryl methyl sites for hydroxylation is 1. The normalized spacial score (nSPS) is 15.0. The van der Waals surface area contributed by atoms with Crippen molar-refractivity contribution in [1.29, 1.82) is 0 Å². The van der Waals surface area contributed by atoms with Crippen LogP contribution in [0.3, 0.4) is 0 Å². The monoisotopic (exact) mass is 504 g/mol. The molecule has 0 spiro atoms. The van der Waals surface area contributed by atoms with Crippen molar-refractivity contribution in [3.63, 3.8) is 0 Å². The van der Waals surface area contributed by atoms with Crippen LogP contribution < -0.4 is 5.32 Å². The largest absolute Gasteiger partial charge is 0.449 e. The highest BCUT2D eigenvalue weighted by molar-refractivity contribution is 9.10. The number of hydrogen-bond acceptors (Lipinski definition) is 5. The van der Waals surface area contributed by atoms with E-state index in [-0.39, 0.29) is 29.2 Å². The summed E-state index contributed by atoms with van der Waals surface area (Å²) in [5.74, 6) is 0.0337. The lowest BCUT2D eigenvalue weighted by Crippen LogP contribution is -2.20. The van der Waals surface area contributed by atoms with E-state index in [1.54, 1.807) is 19.2 Å². The van der Waals surface area contributed by atoms with Crippen LogP contribution in [0.1, 0.15) is 42.4 Å². The number of nitrogens with zero attached hydrogens (tertiary/aromatic N) is 1. The Hall–Kier alpha value is -1.84. The molecule has 0 unspecified atom stereocenters. The van der Waals surface area contributed by atoms with Crippen LogP contribution in [0.15, 0.2) is 45.8 Å². The number of rotatable bonds is 8. The first-order valence-corrected chi connectivity index (χ1v) is 12.4. The number of nitrogens with one attached hydrogen (secondary N) is 1. The SMILES string of the molecule is [B]N(C)Cc1cc(NC(=O)OC[C@H](C)c2ccc(Br)cc2C)ccc1S(=O)(=O)C1CC1. The number of carbonyl (C=O) groups excluding carboxylic acids is 1. The average molecular weight is 505 g/mol. The zero-order chi connectivity index (χ0) is 22.8. The van der Waals surface area contributed by atoms with Gasteiger partial charge in [-0.25, -0.2) is 13.2 Å². The molecule has 1 fully saturated rings. The molecular weight excluding hydrogens is 479 g/mol. The number of halogens is 1. The van der Waals surface area contributed by atoms with E-state index in [1.807, 2.05) is 32.0 Å². The zero-order valence-electron chi connectivity index (χ0n) is 17.9. The molecule has 2 aromatic carbocycles. The maximum atomic E-state index is 12.7. The Morgan fingerprint density at radius 3 is 2.61 bits per heavy atom. The predicted molar refractivity (Wildman–Crippen MR) is 126 cm³/mol. The van der Waals surface area contributed by atoms with Gasteiger partial charge in [-0.2, -0.15) is 0 Å². The molecule has 1 aliphatic carbocycles. The Labute approximate surface area is 193 Å². The van der Waals surface area contributed by atoms with Crippen molar-refractivity contribution in [1.82, 2.24) is 4.81 Å². The van der Waals surface area contributed by atoms with E-state index in [2.05, 4.69) is 21.2 Å². The lowest BCUT2D eigenvalue weighted by molar-refractivity contribution is 0.155. The maximum absolute atomic E-state index is 12.7. The molecule has 2 radical (unpaired) electrons.